The van der Waals surface area contributed by atoms with Crippen LogP contribution in [0.15, 0.2) is 28.7 Å². The van der Waals surface area contributed by atoms with Gasteiger partial charge in [-0.1, -0.05) is 28.1 Å². The predicted octanol–water partition coefficient (Wildman–Crippen LogP) is 3.53. The Morgan fingerprint density at radius 2 is 2.25 bits per heavy atom. The minimum Gasteiger partial charge on any atom is -0.207 e. The average Bonchev–Trinajstić information content (AvgIpc) is 2.07. The molecule has 0 atom stereocenters. The molecule has 1 rings (SSSR count). The fourth-order valence-corrected chi connectivity index (χ4v) is 1.31. The van der Waals surface area contributed by atoms with Crippen LogP contribution in [0.3, 0.4) is 0 Å². The van der Waals surface area contributed by atoms with Gasteiger partial charge in [-0.15, -0.1) is 0 Å². The van der Waals surface area contributed by atoms with Gasteiger partial charge < -0.3 is 0 Å². The first-order chi connectivity index (χ1) is 5.74. The maximum absolute atomic E-state index is 12.7. The quantitative estimate of drug-likeness (QED) is 0.759. The van der Waals surface area contributed by atoms with Crippen LogP contribution < -0.4 is 0 Å². The molecule has 0 aliphatic heterocycles. The van der Waals surface area contributed by atoms with Gasteiger partial charge in [0.15, 0.2) is 0 Å². The molecule has 12 heavy (non-hydrogen) atoms. The highest BCUT2D eigenvalue weighted by Gasteiger charge is 1.96. The second-order valence-corrected chi connectivity index (χ2v) is 3.47. The summed E-state index contributed by atoms with van der Waals surface area (Å²) in [5.41, 5.74) is 0.837. The zero-order chi connectivity index (χ0) is 8.97. The largest absolute Gasteiger partial charge is 0.207 e. The fourth-order valence-electron chi connectivity index (χ4n) is 0.822. The number of halogens is 2. The number of hydrogen-bond acceptors (Lipinski definition) is 1. The topological polar surface area (TPSA) is 0 Å². The van der Waals surface area contributed by atoms with E-state index < -0.39 is 0 Å². The van der Waals surface area contributed by atoms with Gasteiger partial charge in [-0.2, -0.15) is 12.6 Å². The van der Waals surface area contributed by atoms with E-state index in [1.165, 1.54) is 12.1 Å². The molecule has 1 aromatic carbocycles. The molecule has 0 N–H and O–H groups in total. The van der Waals surface area contributed by atoms with Crippen LogP contribution in [0.5, 0.6) is 0 Å². The molecule has 0 bridgehead atoms. The smallest absolute Gasteiger partial charge is 0.123 e. The van der Waals surface area contributed by atoms with E-state index in [2.05, 4.69) is 28.6 Å². The summed E-state index contributed by atoms with van der Waals surface area (Å²) in [5, 5.41) is 0. The zero-order valence-electron chi connectivity index (χ0n) is 6.30. The number of benzene rings is 1. The van der Waals surface area contributed by atoms with E-state index in [9.17, 15) is 4.39 Å². The van der Waals surface area contributed by atoms with Gasteiger partial charge in [0.25, 0.3) is 0 Å². The standard InChI is InChI=1S/C9H8BrFS/c10-9-4-3-8(11)6-7(9)2-1-5-12/h1-4,6,12H,5H2. The van der Waals surface area contributed by atoms with Gasteiger partial charge in [0.2, 0.25) is 0 Å². The Morgan fingerprint density at radius 1 is 1.50 bits per heavy atom. The summed E-state index contributed by atoms with van der Waals surface area (Å²) in [6.45, 7) is 0. The molecule has 0 spiro atoms. The molecule has 0 nitrogen and oxygen atoms in total. The molecule has 0 amide bonds. The van der Waals surface area contributed by atoms with Crippen molar-refractivity contribution in [2.45, 2.75) is 0 Å². The summed E-state index contributed by atoms with van der Waals surface area (Å²) < 4.78 is 13.6. The van der Waals surface area contributed by atoms with Crippen molar-refractivity contribution in [3.05, 3.63) is 40.1 Å². The Morgan fingerprint density at radius 3 is 2.92 bits per heavy atom. The van der Waals surface area contributed by atoms with Crippen molar-refractivity contribution >= 4 is 34.6 Å². The van der Waals surface area contributed by atoms with Crippen LogP contribution in [0.1, 0.15) is 5.56 Å². The second-order valence-electron chi connectivity index (χ2n) is 2.25. The lowest BCUT2D eigenvalue weighted by atomic mass is 10.2. The summed E-state index contributed by atoms with van der Waals surface area (Å²) >= 11 is 7.33. The third kappa shape index (κ3) is 2.64. The van der Waals surface area contributed by atoms with Gasteiger partial charge in [-0.05, 0) is 23.8 Å². The maximum atomic E-state index is 12.7. The van der Waals surface area contributed by atoms with Crippen LogP contribution in [0.25, 0.3) is 6.08 Å². The lowest BCUT2D eigenvalue weighted by Gasteiger charge is -1.97. The van der Waals surface area contributed by atoms with E-state index in [1.54, 1.807) is 6.07 Å². The lowest BCUT2D eigenvalue weighted by molar-refractivity contribution is 0.627. The van der Waals surface area contributed by atoms with Gasteiger partial charge in [-0.3, -0.25) is 0 Å². The molecule has 0 unspecified atom stereocenters. The van der Waals surface area contributed by atoms with E-state index in [4.69, 9.17) is 0 Å². The third-order valence-corrected chi connectivity index (χ3v) is 2.29. The third-order valence-electron chi connectivity index (χ3n) is 1.36. The molecule has 0 radical (unpaired) electrons. The number of thiol groups is 1. The lowest BCUT2D eigenvalue weighted by Crippen LogP contribution is -1.79. The number of rotatable bonds is 2. The molecule has 0 saturated heterocycles. The Bertz CT molecular complexity index is 297. The normalized spacial score (nSPS) is 10.9. The second kappa shape index (κ2) is 4.67. The predicted molar refractivity (Wildman–Crippen MR) is 57.0 cm³/mol. The highest BCUT2D eigenvalue weighted by atomic mass is 79.9. The first-order valence-electron chi connectivity index (χ1n) is 3.46. The van der Waals surface area contributed by atoms with Crippen molar-refractivity contribution in [1.82, 2.24) is 0 Å². The molecular weight excluding hydrogens is 239 g/mol. The summed E-state index contributed by atoms with van der Waals surface area (Å²) in [4.78, 5) is 0. The maximum Gasteiger partial charge on any atom is 0.123 e. The SMILES string of the molecule is Fc1ccc(Br)c(C=CCS)c1. The number of hydrogen-bond donors (Lipinski definition) is 1. The molecule has 64 valence electrons. The van der Waals surface area contributed by atoms with Gasteiger partial charge in [-0.25, -0.2) is 4.39 Å². The molecule has 0 aromatic heterocycles. The molecule has 0 heterocycles. The van der Waals surface area contributed by atoms with Crippen molar-refractivity contribution in [1.29, 1.82) is 0 Å². The molecule has 1 aromatic rings. The molecule has 0 saturated carbocycles. The van der Waals surface area contributed by atoms with E-state index in [0.717, 1.165) is 10.0 Å². The Hall–Kier alpha value is -0.280. The van der Waals surface area contributed by atoms with Crippen LogP contribution >= 0.6 is 28.6 Å². The highest BCUT2D eigenvalue weighted by molar-refractivity contribution is 9.10. The zero-order valence-corrected chi connectivity index (χ0v) is 8.78. The van der Waals surface area contributed by atoms with Crippen LogP contribution in [-0.2, 0) is 0 Å². The Balaban J connectivity index is 2.97. The van der Waals surface area contributed by atoms with E-state index >= 15 is 0 Å². The van der Waals surface area contributed by atoms with Gasteiger partial charge >= 0.3 is 0 Å². The summed E-state index contributed by atoms with van der Waals surface area (Å²) in [7, 11) is 0. The minimum absolute atomic E-state index is 0.225. The Kier molecular flexibility index (Phi) is 3.82. The van der Waals surface area contributed by atoms with Crippen LogP contribution in [0, 0.1) is 5.82 Å². The van der Waals surface area contributed by atoms with Gasteiger partial charge in [0.1, 0.15) is 5.82 Å². The van der Waals surface area contributed by atoms with Crippen LogP contribution in [0.4, 0.5) is 4.39 Å². The molecule has 3 heteroatoms. The van der Waals surface area contributed by atoms with Crippen molar-refractivity contribution < 1.29 is 4.39 Å². The van der Waals surface area contributed by atoms with Crippen molar-refractivity contribution in [2.24, 2.45) is 0 Å². The Labute approximate surface area is 85.0 Å². The van der Waals surface area contributed by atoms with E-state index in [0.29, 0.717) is 5.75 Å². The van der Waals surface area contributed by atoms with E-state index in [-0.39, 0.29) is 5.82 Å². The average molecular weight is 247 g/mol. The molecular formula is C9H8BrFS. The first kappa shape index (κ1) is 9.81. The van der Waals surface area contributed by atoms with Gasteiger partial charge in [0.05, 0.1) is 0 Å². The summed E-state index contributed by atoms with van der Waals surface area (Å²) in [6, 6.07) is 4.58. The van der Waals surface area contributed by atoms with Crippen molar-refractivity contribution in [3.63, 3.8) is 0 Å². The highest BCUT2D eigenvalue weighted by Crippen LogP contribution is 2.18. The van der Waals surface area contributed by atoms with E-state index in [1.807, 2.05) is 12.2 Å². The van der Waals surface area contributed by atoms with Crippen molar-refractivity contribution in [2.75, 3.05) is 5.75 Å². The first-order valence-corrected chi connectivity index (χ1v) is 4.89. The fraction of sp³-hybridized carbons (Fsp3) is 0.111. The van der Waals surface area contributed by atoms with Crippen LogP contribution in [-0.4, -0.2) is 5.75 Å². The summed E-state index contributed by atoms with van der Waals surface area (Å²) in [6.07, 6.45) is 3.70. The molecule has 0 aliphatic rings. The monoisotopic (exact) mass is 246 g/mol. The summed E-state index contributed by atoms with van der Waals surface area (Å²) in [5.74, 6) is 0.431. The molecule has 0 fully saturated rings. The minimum atomic E-state index is -0.225. The molecule has 0 aliphatic carbocycles. The van der Waals surface area contributed by atoms with Gasteiger partial charge in [0, 0.05) is 10.2 Å². The van der Waals surface area contributed by atoms with Crippen LogP contribution in [0.2, 0.25) is 0 Å². The van der Waals surface area contributed by atoms with Crippen molar-refractivity contribution in [3.8, 4) is 0 Å².